The van der Waals surface area contributed by atoms with Gasteiger partial charge in [0.15, 0.2) is 0 Å². The number of urea groups is 1. The van der Waals surface area contributed by atoms with Crippen molar-refractivity contribution in [3.63, 3.8) is 0 Å². The average Bonchev–Trinajstić information content (AvgIpc) is 2.72. The molecule has 7 heteroatoms. The number of likely N-dealkylation sites (tertiary alicyclic amines) is 1. The van der Waals surface area contributed by atoms with Gasteiger partial charge < -0.3 is 20.3 Å². The van der Waals surface area contributed by atoms with Crippen molar-refractivity contribution in [1.29, 1.82) is 0 Å². The van der Waals surface area contributed by atoms with Crippen molar-refractivity contribution >= 4 is 17.6 Å². The molecule has 0 spiro atoms. The number of hydrogen-bond acceptors (Lipinski definition) is 3. The van der Waals surface area contributed by atoms with Crippen molar-refractivity contribution in [3.05, 3.63) is 59.9 Å². The third-order valence-corrected chi connectivity index (χ3v) is 5.39. The van der Waals surface area contributed by atoms with E-state index in [0.717, 1.165) is 11.3 Å². The molecule has 0 aliphatic carbocycles. The molecule has 0 bridgehead atoms. The lowest BCUT2D eigenvalue weighted by Gasteiger charge is -2.38. The number of benzene rings is 2. The van der Waals surface area contributed by atoms with Gasteiger partial charge in [0.2, 0.25) is 5.91 Å². The van der Waals surface area contributed by atoms with Gasteiger partial charge in [-0.15, -0.1) is 0 Å². The van der Waals surface area contributed by atoms with Crippen LogP contribution in [0.1, 0.15) is 25.3 Å². The van der Waals surface area contributed by atoms with Crippen LogP contribution in [0.5, 0.6) is 5.75 Å². The number of amides is 3. The molecule has 1 aliphatic rings. The largest absolute Gasteiger partial charge is 0.497 e. The number of ether oxygens (including phenoxy) is 1. The zero-order chi connectivity index (χ0) is 20.9. The van der Waals surface area contributed by atoms with E-state index in [9.17, 15) is 14.0 Å². The summed E-state index contributed by atoms with van der Waals surface area (Å²) in [5.41, 5.74) is 0.887. The number of nitrogens with zero attached hydrogens (tertiary/aromatic N) is 1. The van der Waals surface area contributed by atoms with Gasteiger partial charge in [0.1, 0.15) is 11.6 Å². The second-order valence-corrected chi connectivity index (χ2v) is 7.52. The molecule has 1 saturated heterocycles. The highest BCUT2D eigenvalue weighted by atomic mass is 19.1. The molecular weight excluding hydrogens is 373 g/mol. The first kappa shape index (κ1) is 20.6. The molecule has 1 fully saturated rings. The molecule has 1 aliphatic heterocycles. The first-order valence-corrected chi connectivity index (χ1v) is 9.62. The Morgan fingerprint density at radius 2 is 1.83 bits per heavy atom. The smallest absolute Gasteiger partial charge is 0.321 e. The van der Waals surface area contributed by atoms with Gasteiger partial charge in [-0.25, -0.2) is 9.18 Å². The minimum atomic E-state index is -0.526. The molecule has 29 heavy (non-hydrogen) atoms. The minimum absolute atomic E-state index is 0.0153. The van der Waals surface area contributed by atoms with Crippen molar-refractivity contribution in [2.24, 2.45) is 5.41 Å². The van der Waals surface area contributed by atoms with E-state index in [1.807, 2.05) is 31.2 Å². The summed E-state index contributed by atoms with van der Waals surface area (Å²) in [6.07, 6.45) is 1.13. The predicted molar refractivity (Wildman–Crippen MR) is 109 cm³/mol. The normalized spacial score (nSPS) is 15.5. The van der Waals surface area contributed by atoms with E-state index < -0.39 is 11.2 Å². The summed E-state index contributed by atoms with van der Waals surface area (Å²) in [4.78, 5) is 26.8. The summed E-state index contributed by atoms with van der Waals surface area (Å²) in [6, 6.07) is 13.1. The van der Waals surface area contributed by atoms with Crippen LogP contribution < -0.4 is 15.4 Å². The quantitative estimate of drug-likeness (QED) is 0.804. The summed E-state index contributed by atoms with van der Waals surface area (Å²) in [7, 11) is 1.61. The number of nitrogens with one attached hydrogen (secondary N) is 2. The second kappa shape index (κ2) is 8.94. The zero-order valence-electron chi connectivity index (χ0n) is 16.7. The number of rotatable bonds is 5. The molecule has 2 aromatic rings. The number of carbonyl (C=O) groups is 2. The predicted octanol–water partition coefficient (Wildman–Crippen LogP) is 3.78. The molecule has 3 rings (SSSR count). The lowest BCUT2D eigenvalue weighted by Crippen LogP contribution is -2.49. The van der Waals surface area contributed by atoms with E-state index in [2.05, 4.69) is 10.6 Å². The zero-order valence-corrected chi connectivity index (χ0v) is 16.7. The van der Waals surface area contributed by atoms with Crippen LogP contribution in [0.15, 0.2) is 48.5 Å². The topological polar surface area (TPSA) is 70.7 Å². The molecule has 0 unspecified atom stereocenters. The maximum atomic E-state index is 13.3. The number of halogens is 1. The Morgan fingerprint density at radius 3 is 2.45 bits per heavy atom. The fraction of sp³-hybridized carbons (Fsp3) is 0.364. The minimum Gasteiger partial charge on any atom is -0.497 e. The van der Waals surface area contributed by atoms with E-state index in [-0.39, 0.29) is 11.9 Å². The van der Waals surface area contributed by atoms with E-state index in [4.69, 9.17) is 4.74 Å². The monoisotopic (exact) mass is 399 g/mol. The Labute approximate surface area is 170 Å². The molecule has 154 valence electrons. The van der Waals surface area contributed by atoms with Crippen molar-refractivity contribution in [3.8, 4) is 5.75 Å². The highest BCUT2D eigenvalue weighted by molar-refractivity contribution is 5.89. The number of hydrogen-bond donors (Lipinski definition) is 2. The Bertz CT molecular complexity index is 862. The summed E-state index contributed by atoms with van der Waals surface area (Å²) >= 11 is 0. The Hall–Kier alpha value is -3.09. The van der Waals surface area contributed by atoms with Crippen LogP contribution in [0.3, 0.4) is 0 Å². The van der Waals surface area contributed by atoms with Crippen molar-refractivity contribution in [1.82, 2.24) is 10.2 Å². The van der Waals surface area contributed by atoms with Crippen molar-refractivity contribution < 1.29 is 18.7 Å². The highest BCUT2D eigenvalue weighted by Crippen LogP contribution is 2.31. The molecular formula is C22H26FN3O3. The van der Waals surface area contributed by atoms with Gasteiger partial charge in [0.25, 0.3) is 0 Å². The molecule has 2 aromatic carbocycles. The second-order valence-electron chi connectivity index (χ2n) is 7.52. The van der Waals surface area contributed by atoms with E-state index in [0.29, 0.717) is 38.2 Å². The van der Waals surface area contributed by atoms with Gasteiger partial charge in [0, 0.05) is 30.7 Å². The van der Waals surface area contributed by atoms with E-state index in [1.54, 1.807) is 24.1 Å². The maximum absolute atomic E-state index is 13.3. The maximum Gasteiger partial charge on any atom is 0.321 e. The van der Waals surface area contributed by atoms with Gasteiger partial charge in [0.05, 0.1) is 7.11 Å². The highest BCUT2D eigenvalue weighted by Gasteiger charge is 2.37. The molecule has 3 amide bonds. The fourth-order valence-electron chi connectivity index (χ4n) is 3.34. The molecule has 0 saturated carbocycles. The molecule has 0 radical (unpaired) electrons. The third kappa shape index (κ3) is 5.25. The summed E-state index contributed by atoms with van der Waals surface area (Å²) in [5.74, 6) is 0.358. The van der Waals surface area contributed by atoms with Crippen molar-refractivity contribution in [2.45, 2.75) is 26.3 Å². The van der Waals surface area contributed by atoms with E-state index >= 15 is 0 Å². The Balaban J connectivity index is 1.49. The molecule has 0 aromatic heterocycles. The van der Waals surface area contributed by atoms with Crippen LogP contribution in [-0.2, 0) is 11.3 Å². The van der Waals surface area contributed by atoms with Gasteiger partial charge >= 0.3 is 6.03 Å². The number of piperidine rings is 1. The van der Waals surface area contributed by atoms with Crippen LogP contribution in [0.4, 0.5) is 14.9 Å². The fourth-order valence-corrected chi connectivity index (χ4v) is 3.34. The Kier molecular flexibility index (Phi) is 6.36. The molecule has 0 atom stereocenters. The van der Waals surface area contributed by atoms with Crippen LogP contribution in [0.2, 0.25) is 0 Å². The summed E-state index contributed by atoms with van der Waals surface area (Å²) < 4.78 is 18.4. The van der Waals surface area contributed by atoms with Gasteiger partial charge in [-0.2, -0.15) is 0 Å². The first-order chi connectivity index (χ1) is 13.9. The van der Waals surface area contributed by atoms with Crippen LogP contribution >= 0.6 is 0 Å². The third-order valence-electron chi connectivity index (χ3n) is 5.39. The van der Waals surface area contributed by atoms with Crippen LogP contribution in [0, 0.1) is 11.2 Å². The van der Waals surface area contributed by atoms with Gasteiger partial charge in [-0.05, 0) is 48.7 Å². The van der Waals surface area contributed by atoms with Crippen molar-refractivity contribution in [2.75, 3.05) is 25.5 Å². The lowest BCUT2D eigenvalue weighted by molar-refractivity contribution is -0.132. The molecule has 6 nitrogen and oxygen atoms in total. The summed E-state index contributed by atoms with van der Waals surface area (Å²) in [5, 5.41) is 5.70. The standard InChI is InChI=1S/C22H26FN3O3/c1-22(20(27)24-15-16-6-8-19(29-2)9-7-16)10-12-26(13-11-22)21(28)25-18-5-3-4-17(23)14-18/h3-9,14H,10-13,15H2,1-2H3,(H,24,27)(H,25,28). The number of methoxy groups -OCH3 is 1. The van der Waals surface area contributed by atoms with E-state index in [1.165, 1.54) is 12.1 Å². The number of anilines is 1. The van der Waals surface area contributed by atoms with Gasteiger partial charge in [-0.3, -0.25) is 4.79 Å². The van der Waals surface area contributed by atoms with Crippen LogP contribution in [0.25, 0.3) is 0 Å². The molecule has 2 N–H and O–H groups in total. The number of carbonyl (C=O) groups excluding carboxylic acids is 2. The molecule has 1 heterocycles. The average molecular weight is 399 g/mol. The lowest BCUT2D eigenvalue weighted by atomic mass is 9.79. The van der Waals surface area contributed by atoms with Gasteiger partial charge in [-0.1, -0.05) is 25.1 Å². The Morgan fingerprint density at radius 1 is 1.14 bits per heavy atom. The first-order valence-electron chi connectivity index (χ1n) is 9.62. The van der Waals surface area contributed by atoms with Crippen LogP contribution in [-0.4, -0.2) is 37.0 Å². The SMILES string of the molecule is COc1ccc(CNC(=O)C2(C)CCN(C(=O)Nc3cccc(F)c3)CC2)cc1. The summed E-state index contributed by atoms with van der Waals surface area (Å²) in [6.45, 7) is 3.31.